The summed E-state index contributed by atoms with van der Waals surface area (Å²) in [5, 5.41) is 13.0. The molecule has 2 N–H and O–H groups in total. The minimum atomic E-state index is -0.697. The summed E-state index contributed by atoms with van der Waals surface area (Å²) in [7, 11) is 0. The molecule has 4 heteroatoms. The monoisotopic (exact) mass is 277 g/mol. The average Bonchev–Trinajstić information content (AvgIpc) is 2.43. The van der Waals surface area contributed by atoms with Crippen molar-refractivity contribution in [1.29, 1.82) is 0 Å². The Balaban J connectivity index is 1.86. The minimum Gasteiger partial charge on any atom is -0.387 e. The lowest BCUT2D eigenvalue weighted by molar-refractivity contribution is 0.174. The largest absolute Gasteiger partial charge is 0.387 e. The topological polar surface area (TPSA) is 32.3 Å². The Morgan fingerprint density at radius 2 is 1.80 bits per heavy atom. The first-order valence-corrected chi connectivity index (χ1v) is 6.45. The zero-order valence-electron chi connectivity index (χ0n) is 11.2. The van der Waals surface area contributed by atoms with Gasteiger partial charge in [-0.2, -0.15) is 0 Å². The zero-order chi connectivity index (χ0) is 14.5. The first kappa shape index (κ1) is 14.6. The molecule has 0 radical (unpaired) electrons. The molecule has 2 rings (SSSR count). The molecule has 0 aliphatic heterocycles. The first-order chi connectivity index (χ1) is 9.56. The van der Waals surface area contributed by atoms with Crippen molar-refractivity contribution < 1.29 is 13.9 Å². The number of hydrogen-bond donors (Lipinski definition) is 2. The maximum Gasteiger partial charge on any atom is 0.126 e. The number of aliphatic hydroxyl groups is 1. The summed E-state index contributed by atoms with van der Waals surface area (Å²) in [6.07, 6.45) is -0.697. The molecule has 0 aliphatic rings. The van der Waals surface area contributed by atoms with Crippen LogP contribution in [0, 0.1) is 18.6 Å². The fourth-order valence-electron chi connectivity index (χ4n) is 1.97. The third kappa shape index (κ3) is 3.85. The van der Waals surface area contributed by atoms with E-state index < -0.39 is 6.10 Å². The van der Waals surface area contributed by atoms with Gasteiger partial charge in [-0.1, -0.05) is 24.3 Å². The minimum absolute atomic E-state index is 0.222. The number of rotatable bonds is 5. The standard InChI is InChI=1S/C16H17F2NO/c1-11-8-12(2-7-15(11)18)9-19-10-16(20)13-3-5-14(17)6-4-13/h2-8,16,19-20H,9-10H2,1H3. The Kier molecular flexibility index (Phi) is 4.82. The molecule has 1 atom stereocenters. The summed E-state index contributed by atoms with van der Waals surface area (Å²) < 4.78 is 25.9. The van der Waals surface area contributed by atoms with Crippen LogP contribution in [0.4, 0.5) is 8.78 Å². The number of aliphatic hydroxyl groups excluding tert-OH is 1. The molecule has 0 saturated carbocycles. The molecule has 106 valence electrons. The van der Waals surface area contributed by atoms with Gasteiger partial charge in [0.25, 0.3) is 0 Å². The summed E-state index contributed by atoms with van der Waals surface area (Å²) in [4.78, 5) is 0. The maximum absolute atomic E-state index is 13.1. The van der Waals surface area contributed by atoms with Crippen LogP contribution >= 0.6 is 0 Å². The molecule has 0 aromatic heterocycles. The lowest BCUT2D eigenvalue weighted by Crippen LogP contribution is -2.21. The summed E-state index contributed by atoms with van der Waals surface area (Å²) in [5.74, 6) is -0.546. The van der Waals surface area contributed by atoms with Crippen LogP contribution < -0.4 is 5.32 Å². The second kappa shape index (κ2) is 6.59. The van der Waals surface area contributed by atoms with Crippen LogP contribution in [0.2, 0.25) is 0 Å². The lowest BCUT2D eigenvalue weighted by atomic mass is 10.1. The highest BCUT2D eigenvalue weighted by molar-refractivity contribution is 5.24. The van der Waals surface area contributed by atoms with Crippen molar-refractivity contribution in [2.24, 2.45) is 0 Å². The van der Waals surface area contributed by atoms with Crippen molar-refractivity contribution in [3.05, 3.63) is 70.8 Å². The van der Waals surface area contributed by atoms with E-state index in [-0.39, 0.29) is 11.6 Å². The van der Waals surface area contributed by atoms with Crippen molar-refractivity contribution in [2.75, 3.05) is 6.54 Å². The molecule has 2 aromatic rings. The second-order valence-electron chi connectivity index (χ2n) is 4.78. The number of nitrogens with one attached hydrogen (secondary N) is 1. The molecule has 0 fully saturated rings. The number of halogens is 2. The molecule has 0 spiro atoms. The smallest absolute Gasteiger partial charge is 0.126 e. The molecule has 0 heterocycles. The van der Waals surface area contributed by atoms with Crippen LogP contribution in [0.1, 0.15) is 22.8 Å². The zero-order valence-corrected chi connectivity index (χ0v) is 11.2. The first-order valence-electron chi connectivity index (χ1n) is 6.45. The molecular formula is C16H17F2NO. The van der Waals surface area contributed by atoms with E-state index in [0.717, 1.165) is 5.56 Å². The fourth-order valence-corrected chi connectivity index (χ4v) is 1.97. The van der Waals surface area contributed by atoms with E-state index in [2.05, 4.69) is 5.32 Å². The normalized spacial score (nSPS) is 12.4. The lowest BCUT2D eigenvalue weighted by Gasteiger charge is -2.12. The predicted octanol–water partition coefficient (Wildman–Crippen LogP) is 3.10. The number of hydrogen-bond acceptors (Lipinski definition) is 2. The van der Waals surface area contributed by atoms with Gasteiger partial charge in [-0.15, -0.1) is 0 Å². The van der Waals surface area contributed by atoms with E-state index >= 15 is 0 Å². The Morgan fingerprint density at radius 3 is 2.45 bits per heavy atom. The Hall–Kier alpha value is -1.78. The van der Waals surface area contributed by atoms with Crippen LogP contribution in [0.3, 0.4) is 0 Å². The molecule has 2 aromatic carbocycles. The third-order valence-corrected chi connectivity index (χ3v) is 3.14. The van der Waals surface area contributed by atoms with Gasteiger partial charge >= 0.3 is 0 Å². The Bertz CT molecular complexity index is 569. The summed E-state index contributed by atoms with van der Waals surface area (Å²) in [6.45, 7) is 2.60. The van der Waals surface area contributed by atoms with Crippen molar-refractivity contribution in [3.8, 4) is 0 Å². The van der Waals surface area contributed by atoms with E-state index in [1.807, 2.05) is 0 Å². The van der Waals surface area contributed by atoms with Gasteiger partial charge in [-0.25, -0.2) is 8.78 Å². The van der Waals surface area contributed by atoms with E-state index in [4.69, 9.17) is 0 Å². The van der Waals surface area contributed by atoms with Gasteiger partial charge < -0.3 is 10.4 Å². The second-order valence-corrected chi connectivity index (χ2v) is 4.78. The molecular weight excluding hydrogens is 260 g/mol. The molecule has 0 amide bonds. The van der Waals surface area contributed by atoms with Gasteiger partial charge in [0.1, 0.15) is 11.6 Å². The quantitative estimate of drug-likeness (QED) is 0.880. The van der Waals surface area contributed by atoms with Crippen LogP contribution in [-0.2, 0) is 6.54 Å². The van der Waals surface area contributed by atoms with Gasteiger partial charge in [0.15, 0.2) is 0 Å². The van der Waals surface area contributed by atoms with Gasteiger partial charge in [0, 0.05) is 13.1 Å². The van der Waals surface area contributed by atoms with Crippen LogP contribution in [0.25, 0.3) is 0 Å². The average molecular weight is 277 g/mol. The van der Waals surface area contributed by atoms with E-state index in [1.165, 1.54) is 18.2 Å². The van der Waals surface area contributed by atoms with Crippen molar-refractivity contribution in [3.63, 3.8) is 0 Å². The van der Waals surface area contributed by atoms with E-state index in [0.29, 0.717) is 24.2 Å². The third-order valence-electron chi connectivity index (χ3n) is 3.14. The van der Waals surface area contributed by atoms with Crippen LogP contribution in [0.5, 0.6) is 0 Å². The Morgan fingerprint density at radius 1 is 1.10 bits per heavy atom. The summed E-state index contributed by atoms with van der Waals surface area (Å²) in [6, 6.07) is 10.7. The molecule has 1 unspecified atom stereocenters. The molecule has 0 aliphatic carbocycles. The maximum atomic E-state index is 13.1. The highest BCUT2D eigenvalue weighted by Crippen LogP contribution is 2.13. The van der Waals surface area contributed by atoms with Crippen molar-refractivity contribution in [1.82, 2.24) is 5.32 Å². The van der Waals surface area contributed by atoms with E-state index in [9.17, 15) is 13.9 Å². The van der Waals surface area contributed by atoms with Crippen molar-refractivity contribution >= 4 is 0 Å². The predicted molar refractivity (Wildman–Crippen MR) is 74.2 cm³/mol. The van der Waals surface area contributed by atoms with Crippen LogP contribution in [0.15, 0.2) is 42.5 Å². The highest BCUT2D eigenvalue weighted by Gasteiger charge is 2.07. The Labute approximate surface area is 117 Å². The van der Waals surface area contributed by atoms with Gasteiger partial charge in [0.05, 0.1) is 6.10 Å². The summed E-state index contributed by atoms with van der Waals surface area (Å²) in [5.41, 5.74) is 2.22. The number of benzene rings is 2. The van der Waals surface area contributed by atoms with E-state index in [1.54, 1.807) is 31.2 Å². The van der Waals surface area contributed by atoms with Gasteiger partial charge in [-0.3, -0.25) is 0 Å². The van der Waals surface area contributed by atoms with Crippen molar-refractivity contribution in [2.45, 2.75) is 19.6 Å². The number of aryl methyl sites for hydroxylation is 1. The highest BCUT2D eigenvalue weighted by atomic mass is 19.1. The molecule has 2 nitrogen and oxygen atoms in total. The van der Waals surface area contributed by atoms with Gasteiger partial charge in [-0.05, 0) is 41.8 Å². The van der Waals surface area contributed by atoms with Crippen LogP contribution in [-0.4, -0.2) is 11.7 Å². The van der Waals surface area contributed by atoms with Gasteiger partial charge in [0.2, 0.25) is 0 Å². The molecule has 20 heavy (non-hydrogen) atoms. The SMILES string of the molecule is Cc1cc(CNCC(O)c2ccc(F)cc2)ccc1F. The molecule has 0 saturated heterocycles. The fraction of sp³-hybridized carbons (Fsp3) is 0.250. The summed E-state index contributed by atoms with van der Waals surface area (Å²) >= 11 is 0. The molecule has 0 bridgehead atoms.